The van der Waals surface area contributed by atoms with Crippen LogP contribution in [0.3, 0.4) is 0 Å². The van der Waals surface area contributed by atoms with Crippen molar-refractivity contribution >= 4 is 28.2 Å². The molecule has 34 heavy (non-hydrogen) atoms. The molecule has 180 valence electrons. The van der Waals surface area contributed by atoms with Crippen molar-refractivity contribution in [1.29, 1.82) is 0 Å². The maximum Gasteiger partial charge on any atom is 0.194 e. The van der Waals surface area contributed by atoms with E-state index >= 15 is 0 Å². The standard InChI is InChI=1S/C24H23F3N2O4S/c25-15-8-13(9-16(26)20(15)27)17(28)10-29-21-22(31)18(11-30)33-24(23(21)32)34-19-7-3-5-12-4-1-2-6-14(12)19/h1-10,18,21-24,29-32H,11,28H2/b17-10-. The van der Waals surface area contributed by atoms with E-state index in [0.717, 1.165) is 34.0 Å². The molecule has 1 aliphatic rings. The fourth-order valence-corrected chi connectivity index (χ4v) is 5.02. The van der Waals surface area contributed by atoms with E-state index in [0.29, 0.717) is 0 Å². The van der Waals surface area contributed by atoms with Crippen LogP contribution in [-0.2, 0) is 4.74 Å². The average Bonchev–Trinajstić information content (AvgIpc) is 2.83. The highest BCUT2D eigenvalue weighted by Gasteiger charge is 2.44. The number of aliphatic hydroxyl groups excluding tert-OH is 3. The topological polar surface area (TPSA) is 108 Å². The molecule has 1 heterocycles. The van der Waals surface area contributed by atoms with E-state index in [9.17, 15) is 28.5 Å². The monoisotopic (exact) mass is 492 g/mol. The normalized spacial score (nSPS) is 25.5. The lowest BCUT2D eigenvalue weighted by Crippen LogP contribution is -2.62. The number of hydrogen-bond donors (Lipinski definition) is 5. The van der Waals surface area contributed by atoms with Crippen LogP contribution in [0.1, 0.15) is 5.56 Å². The van der Waals surface area contributed by atoms with Crippen molar-refractivity contribution < 1.29 is 33.2 Å². The zero-order valence-electron chi connectivity index (χ0n) is 17.7. The third-order valence-corrected chi connectivity index (χ3v) is 6.86. The third-order valence-electron chi connectivity index (χ3n) is 5.63. The molecule has 0 spiro atoms. The minimum atomic E-state index is -1.61. The highest BCUT2D eigenvalue weighted by molar-refractivity contribution is 8.00. The predicted molar refractivity (Wildman–Crippen MR) is 123 cm³/mol. The van der Waals surface area contributed by atoms with Crippen LogP contribution in [0.5, 0.6) is 0 Å². The molecule has 1 saturated heterocycles. The van der Waals surface area contributed by atoms with E-state index in [1.165, 1.54) is 11.8 Å². The van der Waals surface area contributed by atoms with Crippen LogP contribution in [-0.4, -0.2) is 51.7 Å². The molecule has 0 bridgehead atoms. The lowest BCUT2D eigenvalue weighted by Gasteiger charge is -2.42. The van der Waals surface area contributed by atoms with Crippen LogP contribution in [0.15, 0.2) is 65.7 Å². The molecule has 0 aromatic heterocycles. The number of fused-ring (bicyclic) bond motifs is 1. The third kappa shape index (κ3) is 4.86. The van der Waals surface area contributed by atoms with Crippen molar-refractivity contribution in [3.63, 3.8) is 0 Å². The second kappa shape index (κ2) is 10.2. The summed E-state index contributed by atoms with van der Waals surface area (Å²) in [5.41, 5.74) is 4.74. The predicted octanol–water partition coefficient (Wildman–Crippen LogP) is 2.70. The Morgan fingerprint density at radius 2 is 1.71 bits per heavy atom. The molecule has 1 fully saturated rings. The number of thioether (sulfide) groups is 1. The van der Waals surface area contributed by atoms with Gasteiger partial charge in [-0.05, 0) is 29.0 Å². The summed E-state index contributed by atoms with van der Waals surface area (Å²) in [6.07, 6.45) is -2.44. The van der Waals surface area contributed by atoms with Crippen LogP contribution < -0.4 is 11.1 Å². The summed E-state index contributed by atoms with van der Waals surface area (Å²) in [5.74, 6) is -4.41. The van der Waals surface area contributed by atoms with Gasteiger partial charge in [-0.3, -0.25) is 0 Å². The highest BCUT2D eigenvalue weighted by Crippen LogP contribution is 2.37. The van der Waals surface area contributed by atoms with Crippen molar-refractivity contribution in [3.8, 4) is 0 Å². The molecular formula is C24H23F3N2O4S. The maximum atomic E-state index is 13.5. The number of hydrogen-bond acceptors (Lipinski definition) is 7. The lowest BCUT2D eigenvalue weighted by atomic mass is 9.97. The molecule has 0 amide bonds. The number of nitrogens with two attached hydrogens (primary N) is 1. The van der Waals surface area contributed by atoms with Crippen molar-refractivity contribution in [2.45, 2.75) is 34.7 Å². The maximum absolute atomic E-state index is 13.5. The van der Waals surface area contributed by atoms with E-state index in [2.05, 4.69) is 5.32 Å². The zero-order valence-corrected chi connectivity index (χ0v) is 18.6. The summed E-state index contributed by atoms with van der Waals surface area (Å²) in [4.78, 5) is 0.835. The first-order chi connectivity index (χ1) is 16.3. The molecule has 1 aliphatic heterocycles. The van der Waals surface area contributed by atoms with Gasteiger partial charge in [-0.1, -0.05) is 48.2 Å². The summed E-state index contributed by atoms with van der Waals surface area (Å²) < 4.78 is 46.1. The number of halogens is 3. The fourth-order valence-electron chi connectivity index (χ4n) is 3.80. The van der Waals surface area contributed by atoms with Crippen molar-refractivity contribution in [1.82, 2.24) is 5.32 Å². The molecule has 0 aliphatic carbocycles. The molecule has 10 heteroatoms. The summed E-state index contributed by atoms with van der Waals surface area (Å²) in [5, 5.41) is 36.0. The first-order valence-corrected chi connectivity index (χ1v) is 11.3. The Morgan fingerprint density at radius 3 is 2.41 bits per heavy atom. The smallest absolute Gasteiger partial charge is 0.194 e. The molecule has 5 atom stereocenters. The Hall–Kier alpha value is -2.76. The van der Waals surface area contributed by atoms with E-state index < -0.39 is 53.8 Å². The van der Waals surface area contributed by atoms with Crippen molar-refractivity contribution in [3.05, 3.63) is 83.8 Å². The summed E-state index contributed by atoms with van der Waals surface area (Å²) in [6.45, 7) is -0.508. The highest BCUT2D eigenvalue weighted by atomic mass is 32.2. The number of rotatable bonds is 6. The molecule has 3 aromatic rings. The molecule has 0 saturated carbocycles. The van der Waals surface area contributed by atoms with E-state index in [4.69, 9.17) is 10.5 Å². The first-order valence-electron chi connectivity index (χ1n) is 10.4. The molecule has 6 N–H and O–H groups in total. The van der Waals surface area contributed by atoms with Gasteiger partial charge >= 0.3 is 0 Å². The minimum Gasteiger partial charge on any atom is -0.397 e. The van der Waals surface area contributed by atoms with Gasteiger partial charge in [-0.15, -0.1) is 0 Å². The Balaban J connectivity index is 1.57. The largest absolute Gasteiger partial charge is 0.397 e. The average molecular weight is 493 g/mol. The van der Waals surface area contributed by atoms with Crippen LogP contribution in [0.25, 0.3) is 16.5 Å². The van der Waals surface area contributed by atoms with Crippen LogP contribution in [0.2, 0.25) is 0 Å². The van der Waals surface area contributed by atoms with Crippen molar-refractivity contribution in [2.24, 2.45) is 5.73 Å². The fraction of sp³-hybridized carbons (Fsp3) is 0.250. The number of nitrogens with one attached hydrogen (secondary N) is 1. The molecule has 0 radical (unpaired) electrons. The van der Waals surface area contributed by atoms with Gasteiger partial charge in [0.1, 0.15) is 23.7 Å². The molecule has 6 nitrogen and oxygen atoms in total. The Kier molecular flexibility index (Phi) is 7.34. The van der Waals surface area contributed by atoms with Gasteiger partial charge in [0.05, 0.1) is 18.3 Å². The van der Waals surface area contributed by atoms with Gasteiger partial charge in [-0.2, -0.15) is 0 Å². The van der Waals surface area contributed by atoms with Gasteiger partial charge in [0, 0.05) is 16.7 Å². The van der Waals surface area contributed by atoms with Gasteiger partial charge < -0.3 is 31.1 Å². The minimum absolute atomic E-state index is 0.125. The van der Waals surface area contributed by atoms with E-state index in [-0.39, 0.29) is 11.3 Å². The van der Waals surface area contributed by atoms with Gasteiger partial charge in [0.25, 0.3) is 0 Å². The number of benzene rings is 3. The molecule has 5 unspecified atom stereocenters. The summed E-state index contributed by atoms with van der Waals surface area (Å²) in [7, 11) is 0. The van der Waals surface area contributed by atoms with E-state index in [1.54, 1.807) is 0 Å². The second-order valence-corrected chi connectivity index (χ2v) is 8.99. The Morgan fingerprint density at radius 1 is 1.03 bits per heavy atom. The van der Waals surface area contributed by atoms with Gasteiger partial charge in [0.2, 0.25) is 0 Å². The van der Waals surface area contributed by atoms with Crippen molar-refractivity contribution in [2.75, 3.05) is 6.61 Å². The first kappa shape index (κ1) is 24.4. The number of aliphatic hydroxyl groups is 3. The second-order valence-electron chi connectivity index (χ2n) is 7.85. The zero-order chi connectivity index (χ0) is 24.4. The van der Waals surface area contributed by atoms with Gasteiger partial charge in [0.15, 0.2) is 17.5 Å². The van der Waals surface area contributed by atoms with Crippen LogP contribution in [0, 0.1) is 17.5 Å². The van der Waals surface area contributed by atoms with Crippen LogP contribution >= 0.6 is 11.8 Å². The van der Waals surface area contributed by atoms with E-state index in [1.807, 2.05) is 42.5 Å². The molecule has 4 rings (SSSR count). The summed E-state index contributed by atoms with van der Waals surface area (Å²) >= 11 is 1.24. The molecular weight excluding hydrogens is 469 g/mol. The Labute approximate surface area is 197 Å². The van der Waals surface area contributed by atoms with Crippen LogP contribution in [0.4, 0.5) is 13.2 Å². The molecule has 3 aromatic carbocycles. The van der Waals surface area contributed by atoms with Gasteiger partial charge in [-0.25, -0.2) is 13.2 Å². The quantitative estimate of drug-likeness (QED) is 0.337. The lowest BCUT2D eigenvalue weighted by molar-refractivity contribution is -0.164. The number of ether oxygens (including phenoxy) is 1. The summed E-state index contributed by atoms with van der Waals surface area (Å²) in [6, 6.07) is 13.8. The SMILES string of the molecule is N/C(=C\NC1C(O)C(CO)OC(Sc2cccc3ccccc23)C1O)c1cc(F)c(F)c(F)c1. The Bertz CT molecular complexity index is 1180.